The lowest BCUT2D eigenvalue weighted by molar-refractivity contribution is -0.123. The highest BCUT2D eigenvalue weighted by Crippen LogP contribution is 2.27. The molecule has 1 fully saturated rings. The van der Waals surface area contributed by atoms with Crippen LogP contribution in [0.2, 0.25) is 0 Å². The molecule has 0 radical (unpaired) electrons. The number of carbonyl (C=O) groups excluding carboxylic acids is 2. The van der Waals surface area contributed by atoms with Crippen LogP contribution in [0.25, 0.3) is 6.08 Å². The van der Waals surface area contributed by atoms with Gasteiger partial charge in [0.2, 0.25) is 0 Å². The minimum atomic E-state index is -0.565. The number of hydrogen-bond acceptors (Lipinski definition) is 5. The molecule has 1 aliphatic rings. The smallest absolute Gasteiger partial charge is 0.263 e. The Labute approximate surface area is 120 Å². The van der Waals surface area contributed by atoms with Gasteiger partial charge >= 0.3 is 0 Å². The molecule has 2 rings (SSSR count). The molecule has 0 unspecified atom stereocenters. The largest absolute Gasteiger partial charge is 0.504 e. The third-order valence-corrected chi connectivity index (χ3v) is 2.74. The molecule has 7 heteroatoms. The van der Waals surface area contributed by atoms with Crippen LogP contribution in [-0.2, 0) is 9.59 Å². The van der Waals surface area contributed by atoms with Crippen LogP contribution in [0.4, 0.5) is 0 Å². The number of hydrogen-bond donors (Lipinski definition) is 3. The van der Waals surface area contributed by atoms with Crippen molar-refractivity contribution in [1.82, 2.24) is 10.6 Å². The molecular weight excluding hydrogens is 280 g/mol. The van der Waals surface area contributed by atoms with Crippen molar-refractivity contribution >= 4 is 35.2 Å². The summed E-state index contributed by atoms with van der Waals surface area (Å²) in [5.41, 5.74) is 0.492. The van der Waals surface area contributed by atoms with Crippen LogP contribution in [0.15, 0.2) is 23.8 Å². The van der Waals surface area contributed by atoms with E-state index in [1.165, 1.54) is 12.1 Å². The van der Waals surface area contributed by atoms with E-state index in [2.05, 4.69) is 10.6 Å². The van der Waals surface area contributed by atoms with Gasteiger partial charge in [0.1, 0.15) is 5.57 Å². The zero-order chi connectivity index (χ0) is 14.7. The van der Waals surface area contributed by atoms with E-state index in [9.17, 15) is 14.7 Å². The first-order valence-electron chi connectivity index (χ1n) is 5.85. The average molecular weight is 292 g/mol. The molecule has 104 valence electrons. The van der Waals surface area contributed by atoms with E-state index in [0.29, 0.717) is 12.2 Å². The maximum Gasteiger partial charge on any atom is 0.263 e. The van der Waals surface area contributed by atoms with E-state index >= 15 is 0 Å². The van der Waals surface area contributed by atoms with Crippen molar-refractivity contribution in [2.45, 2.75) is 6.92 Å². The SMILES string of the molecule is CCOc1cc(C=C2C(=O)NC(=S)NC2=O)ccc1O. The van der Waals surface area contributed by atoms with Crippen molar-refractivity contribution < 1.29 is 19.4 Å². The molecule has 1 saturated heterocycles. The van der Waals surface area contributed by atoms with Gasteiger partial charge in [-0.3, -0.25) is 20.2 Å². The van der Waals surface area contributed by atoms with Crippen molar-refractivity contribution in [1.29, 1.82) is 0 Å². The van der Waals surface area contributed by atoms with Crippen molar-refractivity contribution in [3.8, 4) is 11.5 Å². The Balaban J connectivity index is 2.34. The molecule has 0 aromatic heterocycles. The molecule has 3 N–H and O–H groups in total. The average Bonchev–Trinajstić information content (AvgIpc) is 2.37. The number of nitrogens with one attached hydrogen (secondary N) is 2. The van der Waals surface area contributed by atoms with Gasteiger partial charge in [-0.1, -0.05) is 6.07 Å². The van der Waals surface area contributed by atoms with Gasteiger partial charge in [-0.2, -0.15) is 0 Å². The highest BCUT2D eigenvalue weighted by Gasteiger charge is 2.25. The predicted molar refractivity (Wildman–Crippen MR) is 76.1 cm³/mol. The summed E-state index contributed by atoms with van der Waals surface area (Å²) in [4.78, 5) is 23.4. The maximum absolute atomic E-state index is 11.7. The summed E-state index contributed by atoms with van der Waals surface area (Å²) in [7, 11) is 0. The Kier molecular flexibility index (Phi) is 3.99. The zero-order valence-electron chi connectivity index (χ0n) is 10.6. The van der Waals surface area contributed by atoms with Crippen molar-refractivity contribution in [2.75, 3.05) is 6.61 Å². The van der Waals surface area contributed by atoms with E-state index in [1.807, 2.05) is 0 Å². The van der Waals surface area contributed by atoms with Gasteiger partial charge in [-0.05, 0) is 42.9 Å². The first kappa shape index (κ1) is 14.0. The third kappa shape index (κ3) is 2.94. The van der Waals surface area contributed by atoms with E-state index in [4.69, 9.17) is 17.0 Å². The maximum atomic E-state index is 11.7. The van der Waals surface area contributed by atoms with Gasteiger partial charge in [-0.25, -0.2) is 0 Å². The Hall–Kier alpha value is -2.41. The topological polar surface area (TPSA) is 87.7 Å². The first-order chi connectivity index (χ1) is 9.51. The number of benzene rings is 1. The van der Waals surface area contributed by atoms with Gasteiger partial charge in [0.15, 0.2) is 16.6 Å². The zero-order valence-corrected chi connectivity index (χ0v) is 11.4. The highest BCUT2D eigenvalue weighted by molar-refractivity contribution is 7.80. The summed E-state index contributed by atoms with van der Waals surface area (Å²) in [6.07, 6.45) is 1.40. The summed E-state index contributed by atoms with van der Waals surface area (Å²) in [5, 5.41) is 14.3. The normalized spacial score (nSPS) is 14.7. The highest BCUT2D eigenvalue weighted by atomic mass is 32.1. The number of carbonyl (C=O) groups is 2. The number of phenolic OH excluding ortho intramolecular Hbond substituents is 1. The van der Waals surface area contributed by atoms with Gasteiger partial charge in [0.05, 0.1) is 6.61 Å². The predicted octanol–water partition coefficient (Wildman–Crippen LogP) is 0.705. The van der Waals surface area contributed by atoms with E-state index in [-0.39, 0.29) is 22.2 Å². The van der Waals surface area contributed by atoms with Crippen LogP contribution < -0.4 is 15.4 Å². The lowest BCUT2D eigenvalue weighted by Gasteiger charge is -2.16. The Bertz CT molecular complexity index is 603. The number of ether oxygens (including phenoxy) is 1. The summed E-state index contributed by atoms with van der Waals surface area (Å²) in [6.45, 7) is 2.18. The molecule has 20 heavy (non-hydrogen) atoms. The summed E-state index contributed by atoms with van der Waals surface area (Å²) < 4.78 is 5.24. The Morgan fingerprint density at radius 1 is 1.30 bits per heavy atom. The third-order valence-electron chi connectivity index (χ3n) is 2.54. The fraction of sp³-hybridized carbons (Fsp3) is 0.154. The first-order valence-corrected chi connectivity index (χ1v) is 6.26. The lowest BCUT2D eigenvalue weighted by Crippen LogP contribution is -2.51. The summed E-state index contributed by atoms with van der Waals surface area (Å²) in [5.74, 6) is -0.851. The van der Waals surface area contributed by atoms with Crippen LogP contribution in [-0.4, -0.2) is 28.6 Å². The van der Waals surface area contributed by atoms with Crippen LogP contribution in [0.5, 0.6) is 11.5 Å². The van der Waals surface area contributed by atoms with Crippen LogP contribution in [0.1, 0.15) is 12.5 Å². The van der Waals surface area contributed by atoms with Crippen LogP contribution in [0, 0.1) is 0 Å². The fourth-order valence-corrected chi connectivity index (χ4v) is 1.85. The number of rotatable bonds is 3. The molecular formula is C13H12N2O4S. The Morgan fingerprint density at radius 3 is 2.55 bits per heavy atom. The van der Waals surface area contributed by atoms with Gasteiger partial charge in [0, 0.05) is 0 Å². The monoisotopic (exact) mass is 292 g/mol. The second kappa shape index (κ2) is 5.70. The quantitative estimate of drug-likeness (QED) is 0.434. The lowest BCUT2D eigenvalue weighted by atomic mass is 10.1. The molecule has 6 nitrogen and oxygen atoms in total. The van der Waals surface area contributed by atoms with Crippen molar-refractivity contribution in [3.63, 3.8) is 0 Å². The number of thiocarbonyl (C=S) groups is 1. The Morgan fingerprint density at radius 2 is 1.95 bits per heavy atom. The molecule has 1 aromatic carbocycles. The molecule has 1 heterocycles. The second-order valence-corrected chi connectivity index (χ2v) is 4.36. The minimum absolute atomic E-state index is 0.00674. The summed E-state index contributed by atoms with van der Waals surface area (Å²) in [6, 6.07) is 4.54. The molecule has 0 aliphatic carbocycles. The molecule has 0 saturated carbocycles. The number of aromatic hydroxyl groups is 1. The minimum Gasteiger partial charge on any atom is -0.504 e. The summed E-state index contributed by atoms with van der Waals surface area (Å²) >= 11 is 4.71. The molecule has 2 amide bonds. The van der Waals surface area contributed by atoms with Crippen molar-refractivity contribution in [3.05, 3.63) is 29.3 Å². The molecule has 0 bridgehead atoms. The number of amides is 2. The molecule has 0 spiro atoms. The molecule has 1 aromatic rings. The second-order valence-electron chi connectivity index (χ2n) is 3.96. The van der Waals surface area contributed by atoms with Crippen LogP contribution >= 0.6 is 12.2 Å². The van der Waals surface area contributed by atoms with Crippen LogP contribution in [0.3, 0.4) is 0 Å². The molecule has 0 atom stereocenters. The van der Waals surface area contributed by atoms with Crippen molar-refractivity contribution in [2.24, 2.45) is 0 Å². The van der Waals surface area contributed by atoms with Gasteiger partial charge in [-0.15, -0.1) is 0 Å². The van der Waals surface area contributed by atoms with E-state index in [0.717, 1.165) is 0 Å². The number of phenols is 1. The van der Waals surface area contributed by atoms with E-state index < -0.39 is 11.8 Å². The van der Waals surface area contributed by atoms with Gasteiger partial charge < -0.3 is 9.84 Å². The standard InChI is InChI=1S/C13H12N2O4S/c1-2-19-10-6-7(3-4-9(10)16)5-8-11(17)14-13(20)15-12(8)18/h3-6,16H,2H2,1H3,(H2,14,15,17,18,20). The fourth-order valence-electron chi connectivity index (χ4n) is 1.66. The molecule has 1 aliphatic heterocycles. The van der Waals surface area contributed by atoms with E-state index in [1.54, 1.807) is 19.1 Å². The van der Waals surface area contributed by atoms with Gasteiger partial charge in [0.25, 0.3) is 11.8 Å².